The quantitative estimate of drug-likeness (QED) is 0.698. The molecule has 1 aliphatic rings. The summed E-state index contributed by atoms with van der Waals surface area (Å²) in [5.74, 6) is -1.87. The number of aliphatic hydroxyl groups is 1. The van der Waals surface area contributed by atoms with E-state index in [0.29, 0.717) is 0 Å². The van der Waals surface area contributed by atoms with E-state index in [9.17, 15) is 27.5 Å². The summed E-state index contributed by atoms with van der Waals surface area (Å²) in [6, 6.07) is 2.92. The molecule has 0 spiro atoms. The Balaban J connectivity index is 2.31. The fourth-order valence-corrected chi connectivity index (χ4v) is 2.23. The number of alkyl halides is 3. The lowest BCUT2D eigenvalue weighted by atomic mass is 10.1. The molecule has 2 rings (SSSR count). The third-order valence-electron chi connectivity index (χ3n) is 3.05. The maximum Gasteiger partial charge on any atom is 0.432 e. The van der Waals surface area contributed by atoms with Crippen LogP contribution >= 0.6 is 11.6 Å². The predicted molar refractivity (Wildman–Crippen MR) is 76.1 cm³/mol. The first kappa shape index (κ1) is 18.4. The standard InChI is InChI=1S/C13H12ClF4N3O3/c14-6-3-5(1-2-7(6)15)24-10-11(13(16,17)18)20-9(4-8(19)22)21-12(10)23/h1-3,9-10,12,21,23H,4H2,(H2,19,22). The molecule has 1 aromatic rings. The number of nitrogens with one attached hydrogen (secondary N) is 1. The van der Waals surface area contributed by atoms with E-state index in [1.54, 1.807) is 0 Å². The van der Waals surface area contributed by atoms with Crippen molar-refractivity contribution in [1.29, 1.82) is 0 Å². The Kier molecular flexibility index (Phi) is 5.31. The Hall–Kier alpha value is -1.91. The van der Waals surface area contributed by atoms with E-state index in [4.69, 9.17) is 22.1 Å². The first-order chi connectivity index (χ1) is 11.1. The zero-order chi connectivity index (χ0) is 18.1. The van der Waals surface area contributed by atoms with Gasteiger partial charge in [-0.05, 0) is 12.1 Å². The number of nitrogens with two attached hydrogens (primary N) is 1. The number of nitrogens with zero attached hydrogens (tertiary/aromatic N) is 1. The normalized spacial score (nSPS) is 24.4. The lowest BCUT2D eigenvalue weighted by molar-refractivity contribution is -0.119. The molecule has 132 valence electrons. The van der Waals surface area contributed by atoms with Crippen molar-refractivity contribution in [3.8, 4) is 5.75 Å². The first-order valence-electron chi connectivity index (χ1n) is 6.57. The third-order valence-corrected chi connectivity index (χ3v) is 3.34. The van der Waals surface area contributed by atoms with Crippen molar-refractivity contribution in [2.45, 2.75) is 31.1 Å². The first-order valence-corrected chi connectivity index (χ1v) is 6.94. The molecule has 0 radical (unpaired) electrons. The highest BCUT2D eigenvalue weighted by molar-refractivity contribution is 6.30. The Morgan fingerprint density at radius 1 is 1.46 bits per heavy atom. The van der Waals surface area contributed by atoms with Gasteiger partial charge in [0.1, 0.15) is 24.0 Å². The maximum atomic E-state index is 13.2. The minimum atomic E-state index is -4.92. The average Bonchev–Trinajstić information content (AvgIpc) is 2.43. The zero-order valence-electron chi connectivity index (χ0n) is 11.8. The Labute approximate surface area is 138 Å². The highest BCUT2D eigenvalue weighted by atomic mass is 35.5. The number of carbonyl (C=O) groups excluding carboxylic acids is 1. The molecule has 1 aromatic carbocycles. The fourth-order valence-electron chi connectivity index (χ4n) is 2.06. The molecular weight excluding hydrogens is 358 g/mol. The molecule has 0 aromatic heterocycles. The highest BCUT2D eigenvalue weighted by Crippen LogP contribution is 2.28. The molecule has 0 saturated carbocycles. The van der Waals surface area contributed by atoms with Gasteiger partial charge in [-0.25, -0.2) is 4.39 Å². The highest BCUT2D eigenvalue weighted by Gasteiger charge is 2.48. The second kappa shape index (κ2) is 6.91. The van der Waals surface area contributed by atoms with Gasteiger partial charge in [-0.2, -0.15) is 13.2 Å². The van der Waals surface area contributed by atoms with Crippen LogP contribution in [0, 0.1) is 5.82 Å². The molecule has 0 aliphatic carbocycles. The molecule has 3 atom stereocenters. The summed E-state index contributed by atoms with van der Waals surface area (Å²) in [4.78, 5) is 14.2. The van der Waals surface area contributed by atoms with Crippen molar-refractivity contribution in [2.24, 2.45) is 10.7 Å². The second-order valence-corrected chi connectivity index (χ2v) is 5.33. The van der Waals surface area contributed by atoms with E-state index in [1.165, 1.54) is 0 Å². The summed E-state index contributed by atoms with van der Waals surface area (Å²) in [7, 11) is 0. The summed E-state index contributed by atoms with van der Waals surface area (Å²) in [6.07, 6.45) is -10.6. The number of aliphatic imine (C=N–C) groups is 1. The number of benzene rings is 1. The molecule has 1 heterocycles. The van der Waals surface area contributed by atoms with E-state index in [2.05, 4.69) is 10.3 Å². The van der Waals surface area contributed by atoms with Crippen molar-refractivity contribution in [2.75, 3.05) is 0 Å². The fraction of sp³-hybridized carbons (Fsp3) is 0.385. The largest absolute Gasteiger partial charge is 0.480 e. The van der Waals surface area contributed by atoms with Gasteiger partial charge in [-0.15, -0.1) is 0 Å². The van der Waals surface area contributed by atoms with Gasteiger partial charge in [-0.3, -0.25) is 15.1 Å². The average molecular weight is 370 g/mol. The third kappa shape index (κ3) is 4.34. The van der Waals surface area contributed by atoms with Gasteiger partial charge in [0, 0.05) is 6.07 Å². The topological polar surface area (TPSA) is 96.9 Å². The summed E-state index contributed by atoms with van der Waals surface area (Å²) in [6.45, 7) is 0. The molecule has 0 fully saturated rings. The lowest BCUT2D eigenvalue weighted by Gasteiger charge is -2.33. The number of halogens is 5. The van der Waals surface area contributed by atoms with Gasteiger partial charge in [0.05, 0.1) is 11.4 Å². The van der Waals surface area contributed by atoms with Gasteiger partial charge in [-0.1, -0.05) is 11.6 Å². The Morgan fingerprint density at radius 3 is 2.67 bits per heavy atom. The second-order valence-electron chi connectivity index (χ2n) is 4.92. The molecule has 11 heteroatoms. The van der Waals surface area contributed by atoms with Crippen LogP contribution in [-0.4, -0.2) is 41.4 Å². The van der Waals surface area contributed by atoms with E-state index in [-0.39, 0.29) is 10.8 Å². The molecule has 3 unspecified atom stereocenters. The summed E-state index contributed by atoms with van der Waals surface area (Å²) in [5, 5.41) is 11.8. The van der Waals surface area contributed by atoms with Crippen LogP contribution in [0.2, 0.25) is 5.02 Å². The Morgan fingerprint density at radius 2 is 2.12 bits per heavy atom. The van der Waals surface area contributed by atoms with Crippen molar-refractivity contribution in [1.82, 2.24) is 5.32 Å². The predicted octanol–water partition coefficient (Wildman–Crippen LogP) is 1.35. The number of hydrogen-bond donors (Lipinski definition) is 3. The number of amides is 1. The van der Waals surface area contributed by atoms with Gasteiger partial charge >= 0.3 is 6.18 Å². The molecule has 4 N–H and O–H groups in total. The van der Waals surface area contributed by atoms with E-state index < -0.39 is 48.5 Å². The van der Waals surface area contributed by atoms with Gasteiger partial charge in [0.25, 0.3) is 0 Å². The minimum absolute atomic E-state index is 0.197. The van der Waals surface area contributed by atoms with Crippen LogP contribution in [0.4, 0.5) is 17.6 Å². The number of rotatable bonds is 4. The van der Waals surface area contributed by atoms with Crippen LogP contribution in [0.1, 0.15) is 6.42 Å². The molecule has 1 aliphatic heterocycles. The van der Waals surface area contributed by atoms with Crippen molar-refractivity contribution in [3.63, 3.8) is 0 Å². The minimum Gasteiger partial charge on any atom is -0.480 e. The maximum absolute atomic E-state index is 13.2. The summed E-state index contributed by atoms with van der Waals surface area (Å²) in [5.41, 5.74) is 3.49. The smallest absolute Gasteiger partial charge is 0.432 e. The van der Waals surface area contributed by atoms with Crippen LogP contribution < -0.4 is 15.8 Å². The van der Waals surface area contributed by atoms with Gasteiger partial charge in [0.15, 0.2) is 11.8 Å². The zero-order valence-corrected chi connectivity index (χ0v) is 12.6. The van der Waals surface area contributed by atoms with Crippen molar-refractivity contribution < 1.29 is 32.2 Å². The number of carbonyl (C=O) groups is 1. The number of primary amides is 1. The van der Waals surface area contributed by atoms with E-state index in [1.807, 2.05) is 0 Å². The summed E-state index contributed by atoms with van der Waals surface area (Å²) >= 11 is 5.54. The number of hydrogen-bond acceptors (Lipinski definition) is 5. The van der Waals surface area contributed by atoms with E-state index >= 15 is 0 Å². The van der Waals surface area contributed by atoms with Crippen molar-refractivity contribution >= 4 is 23.2 Å². The lowest BCUT2D eigenvalue weighted by Crippen LogP contribution is -2.59. The Bertz CT molecular complexity index is 668. The monoisotopic (exact) mass is 369 g/mol. The molecule has 24 heavy (non-hydrogen) atoms. The van der Waals surface area contributed by atoms with Crippen molar-refractivity contribution in [3.05, 3.63) is 29.0 Å². The molecular formula is C13H12ClF4N3O3. The van der Waals surface area contributed by atoms with Crippen LogP contribution in [-0.2, 0) is 4.79 Å². The van der Waals surface area contributed by atoms with E-state index in [0.717, 1.165) is 18.2 Å². The SMILES string of the molecule is NC(=O)CC1N=C(C(F)(F)F)C(Oc2ccc(F)c(Cl)c2)C(O)N1. The van der Waals surface area contributed by atoms with Crippen LogP contribution in [0.25, 0.3) is 0 Å². The summed E-state index contributed by atoms with van der Waals surface area (Å²) < 4.78 is 57.7. The number of aliphatic hydroxyl groups excluding tert-OH is 1. The van der Waals surface area contributed by atoms with Gasteiger partial charge in [0.2, 0.25) is 5.91 Å². The molecule has 0 bridgehead atoms. The van der Waals surface area contributed by atoms with Crippen LogP contribution in [0.5, 0.6) is 5.75 Å². The molecule has 0 saturated heterocycles. The van der Waals surface area contributed by atoms with Crippen LogP contribution in [0.3, 0.4) is 0 Å². The van der Waals surface area contributed by atoms with Gasteiger partial charge < -0.3 is 15.6 Å². The van der Waals surface area contributed by atoms with Crippen LogP contribution in [0.15, 0.2) is 23.2 Å². The number of ether oxygens (including phenoxy) is 1. The molecule has 6 nitrogen and oxygen atoms in total. The molecule has 1 amide bonds.